The zero-order chi connectivity index (χ0) is 8.69. The van der Waals surface area contributed by atoms with Crippen LogP contribution in [0.4, 0.5) is 0 Å². The van der Waals surface area contributed by atoms with E-state index in [1.807, 2.05) is 25.2 Å². The fourth-order valence-corrected chi connectivity index (χ4v) is 0.574. The average Bonchev–Trinajstić information content (AvgIpc) is 1.97. The van der Waals surface area contributed by atoms with Crippen LogP contribution >= 0.6 is 0 Å². The summed E-state index contributed by atoms with van der Waals surface area (Å²) in [5.74, 6) is 0. The fraction of sp³-hybridized carbons (Fsp3) is 0.273. The van der Waals surface area contributed by atoms with Crippen molar-refractivity contribution in [2.24, 2.45) is 0 Å². The second kappa shape index (κ2) is 5.72. The van der Waals surface area contributed by atoms with Crippen molar-refractivity contribution in [2.75, 3.05) is 0 Å². The van der Waals surface area contributed by atoms with E-state index < -0.39 is 0 Å². The predicted octanol–water partition coefficient (Wildman–Crippen LogP) is 3.64. The Hall–Kier alpha value is -1.04. The molecule has 11 heavy (non-hydrogen) atoms. The standard InChI is InChI=1S/C11H16/c1-5-6-7-11(4)9-8-10(2)3/h6-9H,2,4-5H2,1,3H3/b7-6-,9-8-. The normalized spacial score (nSPS) is 11.1. The molecule has 0 aliphatic carbocycles. The van der Waals surface area contributed by atoms with Crippen LogP contribution in [0.15, 0.2) is 48.6 Å². The zero-order valence-electron chi connectivity index (χ0n) is 7.43. The van der Waals surface area contributed by atoms with Gasteiger partial charge in [-0.25, -0.2) is 0 Å². The van der Waals surface area contributed by atoms with Crippen LogP contribution in [0, 0.1) is 0 Å². The summed E-state index contributed by atoms with van der Waals surface area (Å²) in [7, 11) is 0. The maximum atomic E-state index is 3.85. The second-order valence-corrected chi connectivity index (χ2v) is 2.57. The van der Waals surface area contributed by atoms with Gasteiger partial charge in [0.2, 0.25) is 0 Å². The highest BCUT2D eigenvalue weighted by Gasteiger charge is 1.78. The van der Waals surface area contributed by atoms with Crippen LogP contribution in [0.1, 0.15) is 20.3 Å². The molecular weight excluding hydrogens is 132 g/mol. The summed E-state index contributed by atoms with van der Waals surface area (Å²) in [5.41, 5.74) is 2.07. The van der Waals surface area contributed by atoms with Crippen molar-refractivity contribution < 1.29 is 0 Å². The van der Waals surface area contributed by atoms with Crippen LogP contribution in [0.2, 0.25) is 0 Å². The lowest BCUT2D eigenvalue weighted by molar-refractivity contribution is 1.22. The van der Waals surface area contributed by atoms with Gasteiger partial charge in [0.05, 0.1) is 0 Å². The van der Waals surface area contributed by atoms with Crippen LogP contribution in [0.5, 0.6) is 0 Å². The summed E-state index contributed by atoms with van der Waals surface area (Å²) in [5, 5.41) is 0. The van der Waals surface area contributed by atoms with Crippen molar-refractivity contribution in [1.29, 1.82) is 0 Å². The van der Waals surface area contributed by atoms with Gasteiger partial charge in [0.15, 0.2) is 0 Å². The Morgan fingerprint density at radius 3 is 2.27 bits per heavy atom. The van der Waals surface area contributed by atoms with Crippen molar-refractivity contribution in [3.8, 4) is 0 Å². The molecule has 0 radical (unpaired) electrons. The maximum absolute atomic E-state index is 3.85. The highest BCUT2D eigenvalue weighted by Crippen LogP contribution is 1.99. The van der Waals surface area contributed by atoms with Crippen LogP contribution in [-0.2, 0) is 0 Å². The highest BCUT2D eigenvalue weighted by molar-refractivity contribution is 5.30. The van der Waals surface area contributed by atoms with E-state index in [1.165, 1.54) is 0 Å². The molecule has 0 aliphatic rings. The SMILES string of the molecule is C=C(C)/C=C\C(=C)/C=C\CC. The van der Waals surface area contributed by atoms with Gasteiger partial charge in [0.25, 0.3) is 0 Å². The van der Waals surface area contributed by atoms with Gasteiger partial charge in [0, 0.05) is 0 Å². The molecule has 0 atom stereocenters. The van der Waals surface area contributed by atoms with E-state index in [0.717, 1.165) is 17.6 Å². The van der Waals surface area contributed by atoms with Gasteiger partial charge >= 0.3 is 0 Å². The lowest BCUT2D eigenvalue weighted by Crippen LogP contribution is -1.67. The largest absolute Gasteiger partial charge is 0.0961 e. The van der Waals surface area contributed by atoms with E-state index in [1.54, 1.807) is 0 Å². The lowest BCUT2D eigenvalue weighted by atomic mass is 10.2. The quantitative estimate of drug-likeness (QED) is 0.534. The van der Waals surface area contributed by atoms with Crippen LogP contribution in [0.3, 0.4) is 0 Å². The molecule has 0 spiro atoms. The molecule has 0 aromatic rings. The molecule has 0 nitrogen and oxygen atoms in total. The molecule has 0 heterocycles. The van der Waals surface area contributed by atoms with Gasteiger partial charge in [-0.2, -0.15) is 0 Å². The van der Waals surface area contributed by atoms with Crippen LogP contribution in [0.25, 0.3) is 0 Å². The Kier molecular flexibility index (Phi) is 5.18. The molecule has 0 bridgehead atoms. The Bertz CT molecular complexity index is 192. The summed E-state index contributed by atoms with van der Waals surface area (Å²) in [4.78, 5) is 0. The number of rotatable bonds is 4. The molecule has 0 N–H and O–H groups in total. The number of allylic oxidation sites excluding steroid dienone is 6. The van der Waals surface area contributed by atoms with E-state index in [9.17, 15) is 0 Å². The highest BCUT2D eigenvalue weighted by atomic mass is 13.8. The summed E-state index contributed by atoms with van der Waals surface area (Å²) in [6, 6.07) is 0. The molecule has 0 amide bonds. The molecule has 60 valence electrons. The van der Waals surface area contributed by atoms with E-state index in [0.29, 0.717) is 0 Å². The molecule has 0 saturated heterocycles. The third kappa shape index (κ3) is 6.85. The van der Waals surface area contributed by atoms with Gasteiger partial charge in [-0.15, -0.1) is 0 Å². The summed E-state index contributed by atoms with van der Waals surface area (Å²) in [6.45, 7) is 11.7. The van der Waals surface area contributed by atoms with E-state index >= 15 is 0 Å². The second-order valence-electron chi connectivity index (χ2n) is 2.57. The summed E-state index contributed by atoms with van der Waals surface area (Å²) < 4.78 is 0. The summed E-state index contributed by atoms with van der Waals surface area (Å²) >= 11 is 0. The monoisotopic (exact) mass is 148 g/mol. The van der Waals surface area contributed by atoms with E-state index in [2.05, 4.69) is 26.2 Å². The number of hydrogen-bond acceptors (Lipinski definition) is 0. The van der Waals surface area contributed by atoms with Gasteiger partial charge in [-0.1, -0.05) is 50.0 Å². The topological polar surface area (TPSA) is 0 Å². The third-order valence-electron chi connectivity index (χ3n) is 1.15. The zero-order valence-corrected chi connectivity index (χ0v) is 7.43. The smallest absolute Gasteiger partial charge is 0.0332 e. The first-order chi connectivity index (χ1) is 5.16. The first-order valence-electron chi connectivity index (χ1n) is 3.86. The summed E-state index contributed by atoms with van der Waals surface area (Å²) in [6.07, 6.45) is 9.08. The minimum atomic E-state index is 1.02. The number of hydrogen-bond donors (Lipinski definition) is 0. The first kappa shape index (κ1) is 9.96. The lowest BCUT2D eigenvalue weighted by Gasteiger charge is -1.88. The van der Waals surface area contributed by atoms with Gasteiger partial charge in [-0.3, -0.25) is 0 Å². The first-order valence-corrected chi connectivity index (χ1v) is 3.86. The minimum Gasteiger partial charge on any atom is -0.0961 e. The van der Waals surface area contributed by atoms with Crippen LogP contribution in [-0.4, -0.2) is 0 Å². The molecular formula is C11H16. The maximum Gasteiger partial charge on any atom is -0.0332 e. The molecule has 0 unspecified atom stereocenters. The molecule has 0 saturated carbocycles. The molecule has 0 rings (SSSR count). The van der Waals surface area contributed by atoms with Crippen molar-refractivity contribution in [2.45, 2.75) is 20.3 Å². The molecule has 0 aromatic carbocycles. The van der Waals surface area contributed by atoms with E-state index in [-0.39, 0.29) is 0 Å². The Morgan fingerprint density at radius 2 is 1.82 bits per heavy atom. The molecule has 0 fully saturated rings. The van der Waals surface area contributed by atoms with Crippen molar-refractivity contribution in [3.63, 3.8) is 0 Å². The minimum absolute atomic E-state index is 1.02. The predicted molar refractivity (Wildman–Crippen MR) is 52.5 cm³/mol. The average molecular weight is 148 g/mol. The molecule has 0 aliphatic heterocycles. The van der Waals surface area contributed by atoms with Crippen molar-refractivity contribution in [1.82, 2.24) is 0 Å². The third-order valence-corrected chi connectivity index (χ3v) is 1.15. The van der Waals surface area contributed by atoms with Gasteiger partial charge < -0.3 is 0 Å². The fourth-order valence-electron chi connectivity index (χ4n) is 0.574. The molecule has 0 aromatic heterocycles. The Balaban J connectivity index is 3.87. The van der Waals surface area contributed by atoms with Crippen molar-refractivity contribution >= 4 is 0 Å². The van der Waals surface area contributed by atoms with Crippen molar-refractivity contribution in [3.05, 3.63) is 48.6 Å². The Morgan fingerprint density at radius 1 is 1.18 bits per heavy atom. The van der Waals surface area contributed by atoms with Gasteiger partial charge in [0.1, 0.15) is 0 Å². The van der Waals surface area contributed by atoms with Crippen LogP contribution < -0.4 is 0 Å². The van der Waals surface area contributed by atoms with Gasteiger partial charge in [-0.05, 0) is 18.9 Å². The molecule has 0 heteroatoms. The van der Waals surface area contributed by atoms with E-state index in [4.69, 9.17) is 0 Å². The Labute approximate surface area is 69.6 Å².